The van der Waals surface area contributed by atoms with Gasteiger partial charge in [-0.05, 0) is 42.5 Å². The largest absolute Gasteiger partial charge is 0.339 e. The molecule has 0 N–H and O–H groups in total. The monoisotopic (exact) mass is 297 g/mol. The highest BCUT2D eigenvalue weighted by atomic mass is 35.5. The topological polar surface area (TPSA) is 20.3 Å². The van der Waals surface area contributed by atoms with Gasteiger partial charge < -0.3 is 4.90 Å². The van der Waals surface area contributed by atoms with Gasteiger partial charge in [-0.3, -0.25) is 4.79 Å². The number of likely N-dealkylation sites (tertiary alicyclic amines) is 1. The lowest BCUT2D eigenvalue weighted by molar-refractivity contribution is -0.127. The van der Waals surface area contributed by atoms with Crippen molar-refractivity contribution < 1.29 is 4.79 Å². The molecule has 0 radical (unpaired) electrons. The third-order valence-corrected chi connectivity index (χ3v) is 4.20. The van der Waals surface area contributed by atoms with Crippen LogP contribution in [-0.2, 0) is 4.79 Å². The zero-order chi connectivity index (χ0) is 13.8. The number of hydrogen-bond donors (Lipinski definition) is 0. The molecule has 2 rings (SSSR count). The molecule has 0 aromatic heterocycles. The van der Waals surface area contributed by atoms with Gasteiger partial charge in [-0.15, -0.1) is 0 Å². The molecular formula is C15H17Cl2NO. The molecule has 102 valence electrons. The van der Waals surface area contributed by atoms with Crippen LogP contribution in [0.1, 0.15) is 25.3 Å². The molecule has 0 unspecified atom stereocenters. The molecule has 0 atom stereocenters. The van der Waals surface area contributed by atoms with Gasteiger partial charge in [0.25, 0.3) is 0 Å². The van der Waals surface area contributed by atoms with Crippen LogP contribution in [0.4, 0.5) is 0 Å². The Morgan fingerprint density at radius 3 is 2.58 bits per heavy atom. The fraction of sp³-hybridized carbons (Fsp3) is 0.400. The summed E-state index contributed by atoms with van der Waals surface area (Å²) in [5.74, 6) is 0.793. The van der Waals surface area contributed by atoms with Crippen LogP contribution in [-0.4, -0.2) is 23.9 Å². The van der Waals surface area contributed by atoms with Crippen LogP contribution in [0.25, 0.3) is 6.08 Å². The highest BCUT2D eigenvalue weighted by Gasteiger charge is 2.18. The zero-order valence-corrected chi connectivity index (χ0v) is 12.4. The van der Waals surface area contributed by atoms with Crippen molar-refractivity contribution in [3.63, 3.8) is 0 Å². The molecule has 1 heterocycles. The first-order chi connectivity index (χ1) is 9.06. The van der Waals surface area contributed by atoms with Gasteiger partial charge in [0.05, 0.1) is 10.0 Å². The lowest BCUT2D eigenvalue weighted by Gasteiger charge is -2.29. The molecule has 1 aromatic carbocycles. The summed E-state index contributed by atoms with van der Waals surface area (Å²) in [7, 11) is 0. The van der Waals surface area contributed by atoms with E-state index in [1.54, 1.807) is 24.3 Å². The fourth-order valence-corrected chi connectivity index (χ4v) is 2.42. The summed E-state index contributed by atoms with van der Waals surface area (Å²) in [5, 5.41) is 1.03. The first kappa shape index (κ1) is 14.4. The summed E-state index contributed by atoms with van der Waals surface area (Å²) in [6.45, 7) is 3.94. The number of amides is 1. The predicted octanol–water partition coefficient (Wildman–Crippen LogP) is 4.27. The summed E-state index contributed by atoms with van der Waals surface area (Å²) in [5.41, 5.74) is 0.883. The van der Waals surface area contributed by atoms with E-state index in [1.807, 2.05) is 11.0 Å². The van der Waals surface area contributed by atoms with Gasteiger partial charge >= 0.3 is 0 Å². The maximum atomic E-state index is 12.0. The standard InChI is InChI=1S/C15H17Cl2NO/c1-11-6-8-18(9-7-11)15(19)5-3-12-2-4-13(16)14(17)10-12/h2-5,10-11H,6-9H2,1H3/b5-3+. The first-order valence-corrected chi connectivity index (χ1v) is 7.24. The highest BCUT2D eigenvalue weighted by molar-refractivity contribution is 6.42. The normalized spacial score (nSPS) is 17.1. The van der Waals surface area contributed by atoms with Gasteiger partial charge in [-0.2, -0.15) is 0 Å². The molecule has 1 aliphatic rings. The fourth-order valence-electron chi connectivity index (χ4n) is 2.12. The van der Waals surface area contributed by atoms with E-state index in [9.17, 15) is 4.79 Å². The molecule has 1 aromatic rings. The van der Waals surface area contributed by atoms with E-state index in [0.717, 1.165) is 37.4 Å². The van der Waals surface area contributed by atoms with Crippen LogP contribution in [0.2, 0.25) is 10.0 Å². The summed E-state index contributed by atoms with van der Waals surface area (Å²) in [4.78, 5) is 13.9. The molecule has 1 amide bonds. The lowest BCUT2D eigenvalue weighted by Crippen LogP contribution is -2.36. The van der Waals surface area contributed by atoms with Gasteiger partial charge in [-0.1, -0.05) is 36.2 Å². The number of carbonyl (C=O) groups is 1. The third-order valence-electron chi connectivity index (χ3n) is 3.46. The van der Waals surface area contributed by atoms with Crippen molar-refractivity contribution in [1.29, 1.82) is 0 Å². The molecule has 19 heavy (non-hydrogen) atoms. The van der Waals surface area contributed by atoms with E-state index in [-0.39, 0.29) is 5.91 Å². The molecule has 1 saturated heterocycles. The number of piperidine rings is 1. The molecule has 0 aliphatic carbocycles. The zero-order valence-electron chi connectivity index (χ0n) is 10.9. The van der Waals surface area contributed by atoms with Gasteiger partial charge in [0.15, 0.2) is 0 Å². The second-order valence-electron chi connectivity index (χ2n) is 5.01. The van der Waals surface area contributed by atoms with Crippen molar-refractivity contribution in [3.8, 4) is 0 Å². The molecule has 2 nitrogen and oxygen atoms in total. The van der Waals surface area contributed by atoms with Crippen LogP contribution in [0.15, 0.2) is 24.3 Å². The lowest BCUT2D eigenvalue weighted by atomic mass is 9.99. The predicted molar refractivity (Wildman–Crippen MR) is 80.5 cm³/mol. The summed E-state index contributed by atoms with van der Waals surface area (Å²) >= 11 is 11.8. The highest BCUT2D eigenvalue weighted by Crippen LogP contribution is 2.23. The van der Waals surface area contributed by atoms with Crippen LogP contribution >= 0.6 is 23.2 Å². The smallest absolute Gasteiger partial charge is 0.246 e. The second-order valence-corrected chi connectivity index (χ2v) is 5.83. The minimum absolute atomic E-state index is 0.0676. The number of carbonyl (C=O) groups excluding carboxylic acids is 1. The number of halogens is 2. The van der Waals surface area contributed by atoms with E-state index < -0.39 is 0 Å². The Bertz CT molecular complexity index is 491. The SMILES string of the molecule is CC1CCN(C(=O)/C=C/c2ccc(Cl)c(Cl)c2)CC1. The Morgan fingerprint density at radius 2 is 1.95 bits per heavy atom. The van der Waals surface area contributed by atoms with E-state index in [1.165, 1.54) is 0 Å². The third kappa shape index (κ3) is 3.99. The Balaban J connectivity index is 1.98. The summed E-state index contributed by atoms with van der Waals surface area (Å²) in [6.07, 6.45) is 5.57. The minimum atomic E-state index is 0.0676. The van der Waals surface area contributed by atoms with Gasteiger partial charge in [0.1, 0.15) is 0 Å². The maximum absolute atomic E-state index is 12.0. The van der Waals surface area contributed by atoms with Gasteiger partial charge in [0.2, 0.25) is 5.91 Å². The number of hydrogen-bond acceptors (Lipinski definition) is 1. The molecule has 0 bridgehead atoms. The van der Waals surface area contributed by atoms with Crippen LogP contribution < -0.4 is 0 Å². The van der Waals surface area contributed by atoms with Gasteiger partial charge in [-0.25, -0.2) is 0 Å². The van der Waals surface area contributed by atoms with Gasteiger partial charge in [0, 0.05) is 19.2 Å². The second kappa shape index (κ2) is 6.44. The average Bonchev–Trinajstić information content (AvgIpc) is 2.40. The van der Waals surface area contributed by atoms with Crippen molar-refractivity contribution in [2.75, 3.05) is 13.1 Å². The van der Waals surface area contributed by atoms with E-state index in [0.29, 0.717) is 10.0 Å². The molecular weight excluding hydrogens is 281 g/mol. The van der Waals surface area contributed by atoms with E-state index in [2.05, 4.69) is 6.92 Å². The van der Waals surface area contributed by atoms with Crippen molar-refractivity contribution in [2.24, 2.45) is 5.92 Å². The van der Waals surface area contributed by atoms with Crippen LogP contribution in [0.3, 0.4) is 0 Å². The van der Waals surface area contributed by atoms with E-state index >= 15 is 0 Å². The first-order valence-electron chi connectivity index (χ1n) is 6.48. The molecule has 0 spiro atoms. The Hall–Kier alpha value is -0.990. The molecule has 4 heteroatoms. The summed E-state index contributed by atoms with van der Waals surface area (Å²) < 4.78 is 0. The van der Waals surface area contributed by atoms with Crippen molar-refractivity contribution in [2.45, 2.75) is 19.8 Å². The van der Waals surface area contributed by atoms with E-state index in [4.69, 9.17) is 23.2 Å². The number of benzene rings is 1. The van der Waals surface area contributed by atoms with Crippen molar-refractivity contribution in [3.05, 3.63) is 39.9 Å². The minimum Gasteiger partial charge on any atom is -0.339 e. The van der Waals surface area contributed by atoms with Crippen molar-refractivity contribution in [1.82, 2.24) is 4.90 Å². The van der Waals surface area contributed by atoms with Crippen LogP contribution in [0, 0.1) is 5.92 Å². The maximum Gasteiger partial charge on any atom is 0.246 e. The Labute approximate surface area is 124 Å². The Kier molecular flexibility index (Phi) is 4.89. The molecule has 1 fully saturated rings. The van der Waals surface area contributed by atoms with Crippen LogP contribution in [0.5, 0.6) is 0 Å². The molecule has 1 aliphatic heterocycles. The summed E-state index contributed by atoms with van der Waals surface area (Å²) in [6, 6.07) is 5.33. The Morgan fingerprint density at radius 1 is 1.26 bits per heavy atom. The quantitative estimate of drug-likeness (QED) is 0.747. The number of nitrogens with zero attached hydrogens (tertiary/aromatic N) is 1. The molecule has 0 saturated carbocycles. The number of rotatable bonds is 2. The average molecular weight is 298 g/mol. The van der Waals surface area contributed by atoms with Crippen molar-refractivity contribution >= 4 is 35.2 Å².